The topological polar surface area (TPSA) is 66.5 Å². The first kappa shape index (κ1) is 19.6. The van der Waals surface area contributed by atoms with Crippen molar-refractivity contribution in [2.75, 3.05) is 18.4 Å². The summed E-state index contributed by atoms with van der Waals surface area (Å²) >= 11 is 0. The lowest BCUT2D eigenvalue weighted by atomic mass is 9.94. The van der Waals surface area contributed by atoms with E-state index in [0.717, 1.165) is 16.8 Å². The van der Waals surface area contributed by atoms with Gasteiger partial charge in [-0.3, -0.25) is 4.79 Å². The predicted molar refractivity (Wildman–Crippen MR) is 107 cm³/mol. The van der Waals surface area contributed by atoms with Gasteiger partial charge in [0.05, 0.1) is 4.90 Å². The lowest BCUT2D eigenvalue weighted by molar-refractivity contribution is -0.117. The Labute approximate surface area is 161 Å². The number of carbonyl (C=O) groups is 1. The first-order valence-corrected chi connectivity index (χ1v) is 10.7. The normalized spacial score (nSPS) is 16.2. The molecule has 3 rings (SSSR count). The molecule has 1 aliphatic rings. The maximum Gasteiger partial charge on any atom is 0.243 e. The van der Waals surface area contributed by atoms with Crippen LogP contribution in [0.5, 0.6) is 0 Å². The van der Waals surface area contributed by atoms with E-state index in [0.29, 0.717) is 37.2 Å². The number of amides is 1. The van der Waals surface area contributed by atoms with E-state index < -0.39 is 10.0 Å². The van der Waals surface area contributed by atoms with Crippen LogP contribution in [0.4, 0.5) is 5.69 Å². The van der Waals surface area contributed by atoms with Crippen LogP contribution < -0.4 is 5.32 Å². The lowest BCUT2D eigenvalue weighted by Crippen LogP contribution is -2.39. The molecular formula is C21H26N2O3S. The summed E-state index contributed by atoms with van der Waals surface area (Å²) in [4.78, 5) is 12.7. The number of sulfonamides is 1. The molecule has 2 aromatic carbocycles. The van der Waals surface area contributed by atoms with E-state index in [9.17, 15) is 13.2 Å². The molecule has 5 nitrogen and oxygen atoms in total. The molecule has 0 atom stereocenters. The Bertz CT molecular complexity index is 882. The predicted octanol–water partition coefficient (Wildman–Crippen LogP) is 3.73. The van der Waals surface area contributed by atoms with Gasteiger partial charge in [-0.15, -0.1) is 0 Å². The summed E-state index contributed by atoms with van der Waals surface area (Å²) in [5, 5.41) is 2.97. The van der Waals surface area contributed by atoms with Crippen molar-refractivity contribution in [2.24, 2.45) is 5.92 Å². The number of benzene rings is 2. The largest absolute Gasteiger partial charge is 0.326 e. The van der Waals surface area contributed by atoms with Crippen molar-refractivity contribution in [1.82, 2.24) is 4.31 Å². The van der Waals surface area contributed by atoms with Gasteiger partial charge in [0, 0.05) is 25.2 Å². The molecule has 2 aromatic rings. The van der Waals surface area contributed by atoms with E-state index in [1.54, 1.807) is 30.3 Å². The van der Waals surface area contributed by atoms with Gasteiger partial charge in [0.1, 0.15) is 0 Å². The van der Waals surface area contributed by atoms with Crippen LogP contribution in [-0.2, 0) is 14.8 Å². The molecule has 0 saturated carbocycles. The molecule has 1 heterocycles. The molecule has 1 fully saturated rings. The number of aryl methyl sites for hydroxylation is 2. The van der Waals surface area contributed by atoms with Gasteiger partial charge in [-0.25, -0.2) is 8.42 Å². The third kappa shape index (κ3) is 4.96. The molecule has 144 valence electrons. The zero-order valence-electron chi connectivity index (χ0n) is 15.8. The van der Waals surface area contributed by atoms with Crippen LogP contribution >= 0.6 is 0 Å². The number of nitrogens with zero attached hydrogens (tertiary/aromatic N) is 1. The lowest BCUT2D eigenvalue weighted by Gasteiger charge is -2.31. The van der Waals surface area contributed by atoms with E-state index in [4.69, 9.17) is 0 Å². The van der Waals surface area contributed by atoms with Gasteiger partial charge in [0.25, 0.3) is 0 Å². The summed E-state index contributed by atoms with van der Waals surface area (Å²) in [6.07, 6.45) is 1.82. The molecule has 0 aliphatic carbocycles. The zero-order chi connectivity index (χ0) is 19.4. The van der Waals surface area contributed by atoms with Crippen molar-refractivity contribution < 1.29 is 13.2 Å². The van der Waals surface area contributed by atoms with Crippen molar-refractivity contribution in [1.29, 1.82) is 0 Å². The molecule has 27 heavy (non-hydrogen) atoms. The number of hydrogen-bond donors (Lipinski definition) is 1. The summed E-state index contributed by atoms with van der Waals surface area (Å²) in [6, 6.07) is 14.5. The quantitative estimate of drug-likeness (QED) is 0.851. The van der Waals surface area contributed by atoms with E-state index in [-0.39, 0.29) is 11.8 Å². The third-order valence-corrected chi connectivity index (χ3v) is 6.85. The number of carbonyl (C=O) groups excluding carboxylic acids is 1. The van der Waals surface area contributed by atoms with Gasteiger partial charge in [0.15, 0.2) is 0 Å². The summed E-state index contributed by atoms with van der Waals surface area (Å²) in [7, 11) is -3.44. The second kappa shape index (κ2) is 8.23. The van der Waals surface area contributed by atoms with E-state index >= 15 is 0 Å². The minimum Gasteiger partial charge on any atom is -0.326 e. The summed E-state index contributed by atoms with van der Waals surface area (Å²) in [5.74, 6) is 0.197. The van der Waals surface area contributed by atoms with E-state index in [2.05, 4.69) is 11.4 Å². The number of rotatable bonds is 5. The summed E-state index contributed by atoms with van der Waals surface area (Å²) in [5.41, 5.74) is 3.05. The van der Waals surface area contributed by atoms with Crippen molar-refractivity contribution in [3.8, 4) is 0 Å². The van der Waals surface area contributed by atoms with Crippen LogP contribution in [0.1, 0.15) is 30.4 Å². The van der Waals surface area contributed by atoms with Crippen LogP contribution in [0.25, 0.3) is 0 Å². The molecule has 1 amide bonds. The van der Waals surface area contributed by atoms with Crippen LogP contribution in [0.15, 0.2) is 53.4 Å². The van der Waals surface area contributed by atoms with Gasteiger partial charge in [-0.1, -0.05) is 24.3 Å². The molecule has 0 unspecified atom stereocenters. The Morgan fingerprint density at radius 1 is 1.04 bits per heavy atom. The highest BCUT2D eigenvalue weighted by Crippen LogP contribution is 2.26. The van der Waals surface area contributed by atoms with Crippen molar-refractivity contribution >= 4 is 21.6 Å². The average Bonchev–Trinajstić information content (AvgIpc) is 2.62. The third-order valence-electron chi connectivity index (χ3n) is 4.93. The second-order valence-electron chi connectivity index (χ2n) is 7.29. The fourth-order valence-electron chi connectivity index (χ4n) is 3.62. The van der Waals surface area contributed by atoms with Crippen molar-refractivity contribution in [3.63, 3.8) is 0 Å². The molecule has 0 bridgehead atoms. The van der Waals surface area contributed by atoms with Gasteiger partial charge in [-0.05, 0) is 68.0 Å². The van der Waals surface area contributed by atoms with Crippen LogP contribution in [-0.4, -0.2) is 31.7 Å². The maximum absolute atomic E-state index is 12.7. The molecule has 0 radical (unpaired) electrons. The Balaban J connectivity index is 1.54. The van der Waals surface area contributed by atoms with E-state index in [1.807, 2.05) is 26.0 Å². The highest BCUT2D eigenvalue weighted by atomic mass is 32.2. The first-order valence-electron chi connectivity index (χ1n) is 9.28. The molecule has 1 N–H and O–H groups in total. The molecule has 0 aromatic heterocycles. The van der Waals surface area contributed by atoms with Gasteiger partial charge < -0.3 is 5.32 Å². The zero-order valence-corrected chi connectivity index (χ0v) is 16.6. The number of hydrogen-bond acceptors (Lipinski definition) is 3. The highest BCUT2D eigenvalue weighted by Gasteiger charge is 2.30. The Morgan fingerprint density at radius 3 is 2.22 bits per heavy atom. The van der Waals surface area contributed by atoms with Crippen LogP contribution in [0.3, 0.4) is 0 Å². The number of piperidine rings is 1. The smallest absolute Gasteiger partial charge is 0.243 e. The molecular weight excluding hydrogens is 360 g/mol. The fraction of sp³-hybridized carbons (Fsp3) is 0.381. The summed E-state index contributed by atoms with van der Waals surface area (Å²) < 4.78 is 26.9. The van der Waals surface area contributed by atoms with Crippen molar-refractivity contribution in [2.45, 2.75) is 38.0 Å². The Morgan fingerprint density at radius 2 is 1.63 bits per heavy atom. The first-order chi connectivity index (χ1) is 12.8. The number of anilines is 1. The monoisotopic (exact) mass is 386 g/mol. The second-order valence-corrected chi connectivity index (χ2v) is 9.23. The molecule has 1 aliphatic heterocycles. The molecule has 0 spiro atoms. The van der Waals surface area contributed by atoms with Crippen molar-refractivity contribution in [3.05, 3.63) is 59.7 Å². The Kier molecular flexibility index (Phi) is 5.97. The van der Waals surface area contributed by atoms with Crippen LogP contribution in [0.2, 0.25) is 0 Å². The van der Waals surface area contributed by atoms with Crippen LogP contribution in [0, 0.1) is 19.8 Å². The minimum absolute atomic E-state index is 0.00985. The Hall–Kier alpha value is -2.18. The average molecular weight is 387 g/mol. The standard InChI is InChI=1S/C21H26N2O3S/c1-16-12-17(2)14-19(13-16)22-21(24)15-18-8-10-23(11-9-18)27(25,26)20-6-4-3-5-7-20/h3-7,12-14,18H,8-11,15H2,1-2H3,(H,22,24). The fourth-order valence-corrected chi connectivity index (χ4v) is 5.11. The maximum atomic E-state index is 12.7. The SMILES string of the molecule is Cc1cc(C)cc(NC(=O)CC2CCN(S(=O)(=O)c3ccccc3)CC2)c1. The van der Waals surface area contributed by atoms with Gasteiger partial charge in [0.2, 0.25) is 15.9 Å². The minimum atomic E-state index is -3.44. The van der Waals surface area contributed by atoms with E-state index in [1.165, 1.54) is 4.31 Å². The van der Waals surface area contributed by atoms with Gasteiger partial charge >= 0.3 is 0 Å². The molecule has 1 saturated heterocycles. The molecule has 6 heteroatoms. The number of nitrogens with one attached hydrogen (secondary N) is 1. The van der Waals surface area contributed by atoms with Gasteiger partial charge in [-0.2, -0.15) is 4.31 Å². The highest BCUT2D eigenvalue weighted by molar-refractivity contribution is 7.89. The summed E-state index contributed by atoms with van der Waals surface area (Å²) in [6.45, 7) is 4.93.